The number of carbonyl (C=O) groups excluding carboxylic acids is 1. The second-order valence-electron chi connectivity index (χ2n) is 10.0. The van der Waals surface area contributed by atoms with Crippen molar-refractivity contribution in [1.82, 2.24) is 19.4 Å². The lowest BCUT2D eigenvalue weighted by Gasteiger charge is -2.29. The summed E-state index contributed by atoms with van der Waals surface area (Å²) >= 11 is 0.961. The summed E-state index contributed by atoms with van der Waals surface area (Å²) in [6, 6.07) is 9.36. The summed E-state index contributed by atoms with van der Waals surface area (Å²) in [6.45, 7) is 2.11. The Morgan fingerprint density at radius 3 is 2.51 bits per heavy atom. The van der Waals surface area contributed by atoms with Gasteiger partial charge in [0.1, 0.15) is 0 Å². The molecule has 2 fully saturated rings. The minimum absolute atomic E-state index is 0.0262. The normalized spacial score (nSPS) is 19.7. The van der Waals surface area contributed by atoms with Gasteiger partial charge in [-0.25, -0.2) is 9.97 Å². The van der Waals surface area contributed by atoms with Gasteiger partial charge in [0.25, 0.3) is 5.56 Å². The molecular formula is C26H30F3N5O2S. The van der Waals surface area contributed by atoms with Crippen molar-refractivity contribution in [2.45, 2.75) is 57.3 Å². The van der Waals surface area contributed by atoms with E-state index in [1.54, 1.807) is 0 Å². The Hall–Kier alpha value is -2.79. The van der Waals surface area contributed by atoms with Crippen molar-refractivity contribution in [3.63, 3.8) is 0 Å². The lowest BCUT2D eigenvalue weighted by molar-refractivity contribution is -0.148. The maximum Gasteiger partial charge on any atom is 0.449 e. The molecule has 2 saturated heterocycles. The molecule has 4 heterocycles. The fraction of sp³-hybridized carbons (Fsp3) is 0.538. The Balaban J connectivity index is 1.42. The Bertz CT molecular complexity index is 1320. The van der Waals surface area contributed by atoms with Crippen molar-refractivity contribution in [2.75, 3.05) is 31.6 Å². The summed E-state index contributed by atoms with van der Waals surface area (Å²) in [7, 11) is 1.98. The van der Waals surface area contributed by atoms with E-state index in [9.17, 15) is 22.8 Å². The molecule has 0 spiro atoms. The van der Waals surface area contributed by atoms with Crippen LogP contribution >= 0.6 is 11.3 Å². The van der Waals surface area contributed by atoms with Gasteiger partial charge in [-0.3, -0.25) is 14.2 Å². The number of ketones is 1. The highest BCUT2D eigenvalue weighted by molar-refractivity contribution is 7.21. The van der Waals surface area contributed by atoms with E-state index in [1.165, 1.54) is 0 Å². The highest BCUT2D eigenvalue weighted by Gasteiger charge is 2.39. The van der Waals surface area contributed by atoms with Crippen LogP contribution in [0.2, 0.25) is 0 Å². The zero-order valence-electron chi connectivity index (χ0n) is 20.7. The molecule has 0 amide bonds. The molecule has 2 aliphatic heterocycles. The van der Waals surface area contributed by atoms with Crippen molar-refractivity contribution >= 4 is 32.6 Å². The van der Waals surface area contributed by atoms with Crippen molar-refractivity contribution in [1.29, 1.82) is 0 Å². The van der Waals surface area contributed by atoms with E-state index in [0.717, 1.165) is 53.8 Å². The van der Waals surface area contributed by atoms with E-state index >= 15 is 0 Å². The number of piperidine rings is 1. The van der Waals surface area contributed by atoms with Crippen LogP contribution in [0.15, 0.2) is 35.1 Å². The van der Waals surface area contributed by atoms with Gasteiger partial charge in [0.2, 0.25) is 5.82 Å². The quantitative estimate of drug-likeness (QED) is 0.449. The Labute approximate surface area is 216 Å². The van der Waals surface area contributed by atoms with Crippen molar-refractivity contribution in [2.24, 2.45) is 5.92 Å². The number of aromatic nitrogens is 3. The predicted octanol–water partition coefficient (Wildman–Crippen LogP) is 4.38. The van der Waals surface area contributed by atoms with Gasteiger partial charge in [0.05, 0.1) is 6.04 Å². The average Bonchev–Trinajstić information content (AvgIpc) is 3.53. The molecule has 0 saturated carbocycles. The van der Waals surface area contributed by atoms with E-state index in [-0.39, 0.29) is 28.6 Å². The van der Waals surface area contributed by atoms with Crippen molar-refractivity contribution in [3.05, 3.63) is 52.1 Å². The number of likely N-dealkylation sites (tertiary alicyclic amines) is 1. The number of nitrogens with zero attached hydrogens (tertiary/aromatic N) is 5. The number of rotatable bonds is 7. The molecule has 7 nitrogen and oxygen atoms in total. The molecule has 5 rings (SSSR count). The topological polar surface area (TPSA) is 71.3 Å². The number of hydrogen-bond donors (Lipinski definition) is 0. The smallest absolute Gasteiger partial charge is 0.338 e. The van der Waals surface area contributed by atoms with Crippen molar-refractivity contribution in [3.8, 4) is 0 Å². The van der Waals surface area contributed by atoms with Crippen LogP contribution in [0.1, 0.15) is 43.5 Å². The lowest BCUT2D eigenvalue weighted by atomic mass is 9.97. The molecule has 0 unspecified atom stereocenters. The van der Waals surface area contributed by atoms with Crippen molar-refractivity contribution < 1.29 is 18.0 Å². The van der Waals surface area contributed by atoms with E-state index in [2.05, 4.69) is 14.9 Å². The highest BCUT2D eigenvalue weighted by atomic mass is 32.1. The summed E-state index contributed by atoms with van der Waals surface area (Å²) in [4.78, 5) is 38.7. The number of Topliss-reactive ketones (excluding diaryl/α,β-unsaturated/α-hetero) is 1. The molecule has 1 aromatic carbocycles. The largest absolute Gasteiger partial charge is 0.449 e. The molecule has 0 bridgehead atoms. The van der Waals surface area contributed by atoms with Crippen LogP contribution in [-0.2, 0) is 23.9 Å². The van der Waals surface area contributed by atoms with Gasteiger partial charge in [-0.05, 0) is 63.7 Å². The summed E-state index contributed by atoms with van der Waals surface area (Å²) < 4.78 is 42.7. The second kappa shape index (κ2) is 10.5. The first-order valence-electron chi connectivity index (χ1n) is 12.7. The van der Waals surface area contributed by atoms with Gasteiger partial charge < -0.3 is 9.80 Å². The summed E-state index contributed by atoms with van der Waals surface area (Å²) in [5.74, 6) is -1.13. The van der Waals surface area contributed by atoms with Gasteiger partial charge >= 0.3 is 6.18 Å². The fourth-order valence-corrected chi connectivity index (χ4v) is 6.32. The minimum atomic E-state index is -4.76. The number of benzene rings is 1. The number of carbonyl (C=O) groups is 1. The first-order chi connectivity index (χ1) is 17.7. The zero-order chi connectivity index (χ0) is 26.2. The molecular weight excluding hydrogens is 503 g/mol. The average molecular weight is 534 g/mol. The zero-order valence-corrected chi connectivity index (χ0v) is 21.5. The highest BCUT2D eigenvalue weighted by Crippen LogP contribution is 2.35. The van der Waals surface area contributed by atoms with Crippen LogP contribution in [-0.4, -0.2) is 57.9 Å². The van der Waals surface area contributed by atoms with E-state index in [1.807, 2.05) is 42.3 Å². The third-order valence-electron chi connectivity index (χ3n) is 7.41. The standard InChI is InChI=1S/C26H30F3N5O2S/c1-32-14-11-18(12-15-32)16-34-23(36)21-22(31-24(34)26(27,28)29)37-25(30-21)33-13-5-8-19(33)20(35)10-9-17-6-3-2-4-7-17/h2-4,6-7,18-19H,5,8-16H2,1H3/t19-/m1/s1. The van der Waals surface area contributed by atoms with E-state index in [4.69, 9.17) is 0 Å². The first kappa shape index (κ1) is 25.8. The Morgan fingerprint density at radius 2 is 1.81 bits per heavy atom. The molecule has 2 aromatic heterocycles. The van der Waals surface area contributed by atoms with Gasteiger partial charge in [-0.2, -0.15) is 13.2 Å². The van der Waals surface area contributed by atoms with Crippen LogP contribution < -0.4 is 10.5 Å². The van der Waals surface area contributed by atoms with E-state index in [0.29, 0.717) is 30.9 Å². The van der Waals surface area contributed by atoms with Gasteiger partial charge in [0, 0.05) is 19.5 Å². The van der Waals surface area contributed by atoms with Gasteiger partial charge in [-0.15, -0.1) is 0 Å². The molecule has 11 heteroatoms. The number of aryl methyl sites for hydroxylation is 1. The molecule has 0 radical (unpaired) electrons. The fourth-order valence-electron chi connectivity index (χ4n) is 5.32. The number of fused-ring (bicyclic) bond motifs is 1. The van der Waals surface area contributed by atoms with Gasteiger partial charge in [0.15, 0.2) is 21.3 Å². The van der Waals surface area contributed by atoms with E-state index < -0.39 is 23.6 Å². The van der Waals surface area contributed by atoms with Crippen LogP contribution in [0.5, 0.6) is 0 Å². The monoisotopic (exact) mass is 533 g/mol. The molecule has 1 atom stereocenters. The van der Waals surface area contributed by atoms with Gasteiger partial charge in [-0.1, -0.05) is 41.7 Å². The third kappa shape index (κ3) is 5.57. The second-order valence-corrected chi connectivity index (χ2v) is 11.0. The van der Waals surface area contributed by atoms with Crippen LogP contribution in [0, 0.1) is 5.92 Å². The third-order valence-corrected chi connectivity index (χ3v) is 8.40. The molecule has 37 heavy (non-hydrogen) atoms. The maximum atomic E-state index is 14.0. The molecule has 2 aliphatic rings. The summed E-state index contributed by atoms with van der Waals surface area (Å²) in [5.41, 5.74) is 0.266. The number of thiazole rings is 1. The SMILES string of the molecule is CN1CCC(Cn2c(C(F)(F)F)nc3sc(N4CCC[C@@H]4C(=O)CCc4ccccc4)nc3c2=O)CC1. The molecule has 0 N–H and O–H groups in total. The maximum absolute atomic E-state index is 14.0. The number of hydrogen-bond acceptors (Lipinski definition) is 7. The lowest BCUT2D eigenvalue weighted by Crippen LogP contribution is -2.37. The summed E-state index contributed by atoms with van der Waals surface area (Å²) in [5, 5.41) is 0.389. The molecule has 3 aromatic rings. The number of halogens is 3. The Kier molecular flexibility index (Phi) is 7.35. The summed E-state index contributed by atoms with van der Waals surface area (Å²) in [6.07, 6.45) is -0.878. The number of anilines is 1. The van der Waals surface area contributed by atoms with Crippen LogP contribution in [0.25, 0.3) is 10.3 Å². The minimum Gasteiger partial charge on any atom is -0.338 e. The Morgan fingerprint density at radius 1 is 1.08 bits per heavy atom. The molecule has 0 aliphatic carbocycles. The van der Waals surface area contributed by atoms with Crippen LogP contribution in [0.4, 0.5) is 18.3 Å². The number of alkyl halides is 3. The first-order valence-corrected chi connectivity index (χ1v) is 13.5. The predicted molar refractivity (Wildman–Crippen MR) is 137 cm³/mol. The van der Waals surface area contributed by atoms with Crippen LogP contribution in [0.3, 0.4) is 0 Å². The molecule has 198 valence electrons.